The molecule has 0 aliphatic rings. The monoisotopic (exact) mass is 506 g/mol. The van der Waals surface area contributed by atoms with Crippen LogP contribution >= 0.6 is 0 Å². The first-order valence-corrected chi connectivity index (χ1v) is 14.9. The molecular formula is C36H46N2. The van der Waals surface area contributed by atoms with Gasteiger partial charge in [0, 0.05) is 29.4 Å². The predicted molar refractivity (Wildman–Crippen MR) is 162 cm³/mol. The van der Waals surface area contributed by atoms with E-state index in [1.807, 2.05) is 6.20 Å². The lowest BCUT2D eigenvalue weighted by atomic mass is 9.66. The minimum absolute atomic E-state index is 0.0827. The van der Waals surface area contributed by atoms with Gasteiger partial charge >= 0.3 is 0 Å². The zero-order chi connectivity index (χ0) is 26.5. The first kappa shape index (κ1) is 27.9. The molecule has 38 heavy (non-hydrogen) atoms. The van der Waals surface area contributed by atoms with E-state index in [1.165, 1.54) is 80.4 Å². The highest BCUT2D eigenvalue weighted by atomic mass is 15.1. The standard InChI is InChI=1S/C36H46N2/c1-3-4-5-6-7-8-9-10-20-27-34(35-37-28-29-38(35)33-25-18-13-19-26-33)36(2,32-23-16-12-17-24-32)30-31-21-14-11-15-22-31/h11-19,21-26,28-29,34H,3-10,20,27,30H2,1-2H3. The van der Waals surface area contributed by atoms with Crippen molar-refractivity contribution in [2.45, 2.75) is 95.8 Å². The molecule has 0 bridgehead atoms. The quantitative estimate of drug-likeness (QED) is 0.138. The van der Waals surface area contributed by atoms with Crippen molar-refractivity contribution < 1.29 is 0 Å². The molecule has 0 radical (unpaired) electrons. The van der Waals surface area contributed by atoms with Crippen molar-refractivity contribution in [1.82, 2.24) is 9.55 Å². The molecule has 0 aliphatic carbocycles. The summed E-state index contributed by atoms with van der Waals surface area (Å²) in [6, 6.07) is 32.9. The van der Waals surface area contributed by atoms with E-state index in [9.17, 15) is 0 Å². The summed E-state index contributed by atoms with van der Waals surface area (Å²) in [5.41, 5.74) is 3.88. The molecule has 4 rings (SSSR count). The van der Waals surface area contributed by atoms with Crippen LogP contribution < -0.4 is 0 Å². The van der Waals surface area contributed by atoms with Crippen LogP contribution in [0.5, 0.6) is 0 Å². The summed E-state index contributed by atoms with van der Waals surface area (Å²) in [7, 11) is 0. The first-order valence-electron chi connectivity index (χ1n) is 14.9. The molecule has 1 heterocycles. The minimum atomic E-state index is -0.0827. The van der Waals surface area contributed by atoms with Crippen LogP contribution in [0, 0.1) is 0 Å². The molecule has 2 nitrogen and oxygen atoms in total. The van der Waals surface area contributed by atoms with E-state index >= 15 is 0 Å². The van der Waals surface area contributed by atoms with E-state index < -0.39 is 0 Å². The highest BCUT2D eigenvalue weighted by Gasteiger charge is 2.39. The molecule has 2 unspecified atom stereocenters. The maximum atomic E-state index is 5.05. The molecule has 0 spiro atoms. The third-order valence-electron chi connectivity index (χ3n) is 8.23. The number of benzene rings is 3. The zero-order valence-corrected chi connectivity index (χ0v) is 23.6. The normalized spacial score (nSPS) is 13.7. The fraction of sp³-hybridized carbons (Fsp3) is 0.417. The molecule has 0 fully saturated rings. The largest absolute Gasteiger partial charge is 0.304 e. The van der Waals surface area contributed by atoms with Crippen LogP contribution in [-0.4, -0.2) is 9.55 Å². The summed E-state index contributed by atoms with van der Waals surface area (Å²) in [6.07, 6.45) is 18.4. The number of rotatable bonds is 16. The molecule has 2 heteroatoms. The molecule has 0 saturated carbocycles. The van der Waals surface area contributed by atoms with Crippen LogP contribution in [0.3, 0.4) is 0 Å². The van der Waals surface area contributed by atoms with Crippen LogP contribution in [-0.2, 0) is 11.8 Å². The Morgan fingerprint density at radius 3 is 1.87 bits per heavy atom. The van der Waals surface area contributed by atoms with Crippen LogP contribution in [0.25, 0.3) is 5.69 Å². The number of aromatic nitrogens is 2. The second-order valence-corrected chi connectivity index (χ2v) is 11.1. The molecular weight excluding hydrogens is 460 g/mol. The van der Waals surface area contributed by atoms with Gasteiger partial charge in [-0.25, -0.2) is 4.98 Å². The molecule has 3 aromatic carbocycles. The number of para-hydroxylation sites is 1. The Hall–Kier alpha value is -3.13. The highest BCUT2D eigenvalue weighted by Crippen LogP contribution is 2.44. The van der Waals surface area contributed by atoms with Crippen molar-refractivity contribution in [3.8, 4) is 5.69 Å². The second kappa shape index (κ2) is 14.7. The third-order valence-corrected chi connectivity index (χ3v) is 8.23. The van der Waals surface area contributed by atoms with E-state index in [0.717, 1.165) is 12.8 Å². The third kappa shape index (κ3) is 7.47. The Balaban J connectivity index is 1.61. The Labute approximate surface area is 231 Å². The number of nitrogens with zero attached hydrogens (tertiary/aromatic N) is 2. The fourth-order valence-electron chi connectivity index (χ4n) is 6.04. The lowest BCUT2D eigenvalue weighted by Gasteiger charge is -2.39. The lowest BCUT2D eigenvalue weighted by molar-refractivity contribution is 0.328. The van der Waals surface area contributed by atoms with Gasteiger partial charge in [0.1, 0.15) is 5.82 Å². The summed E-state index contributed by atoms with van der Waals surface area (Å²) >= 11 is 0. The summed E-state index contributed by atoms with van der Waals surface area (Å²) in [4.78, 5) is 5.05. The molecule has 0 N–H and O–H groups in total. The number of unbranched alkanes of at least 4 members (excludes halogenated alkanes) is 8. The first-order chi connectivity index (χ1) is 18.7. The van der Waals surface area contributed by atoms with Gasteiger partial charge in [-0.3, -0.25) is 0 Å². The van der Waals surface area contributed by atoms with Crippen molar-refractivity contribution in [3.05, 3.63) is 120 Å². The minimum Gasteiger partial charge on any atom is -0.304 e. The molecule has 4 aromatic rings. The smallest absolute Gasteiger partial charge is 0.117 e. The van der Waals surface area contributed by atoms with Crippen LogP contribution in [0.1, 0.15) is 101 Å². The fourth-order valence-corrected chi connectivity index (χ4v) is 6.04. The van der Waals surface area contributed by atoms with Gasteiger partial charge in [-0.2, -0.15) is 0 Å². The van der Waals surface area contributed by atoms with Crippen LogP contribution in [0.2, 0.25) is 0 Å². The highest BCUT2D eigenvalue weighted by molar-refractivity contribution is 5.37. The van der Waals surface area contributed by atoms with Crippen molar-refractivity contribution in [2.24, 2.45) is 0 Å². The van der Waals surface area contributed by atoms with Crippen molar-refractivity contribution in [1.29, 1.82) is 0 Å². The van der Waals surface area contributed by atoms with Crippen LogP contribution in [0.15, 0.2) is 103 Å². The van der Waals surface area contributed by atoms with Gasteiger partial charge in [0.2, 0.25) is 0 Å². The van der Waals surface area contributed by atoms with Crippen molar-refractivity contribution in [2.75, 3.05) is 0 Å². The van der Waals surface area contributed by atoms with Crippen molar-refractivity contribution >= 4 is 0 Å². The van der Waals surface area contributed by atoms with Gasteiger partial charge in [0.25, 0.3) is 0 Å². The van der Waals surface area contributed by atoms with E-state index in [2.05, 4.69) is 116 Å². The summed E-state index contributed by atoms with van der Waals surface area (Å²) < 4.78 is 2.32. The maximum Gasteiger partial charge on any atom is 0.117 e. The average Bonchev–Trinajstić information content (AvgIpc) is 3.45. The van der Waals surface area contributed by atoms with Gasteiger partial charge in [-0.05, 0) is 36.1 Å². The Bertz CT molecular complexity index is 1170. The Morgan fingerprint density at radius 2 is 1.24 bits per heavy atom. The topological polar surface area (TPSA) is 17.8 Å². The Morgan fingerprint density at radius 1 is 0.684 bits per heavy atom. The Kier molecular flexibility index (Phi) is 10.8. The maximum absolute atomic E-state index is 5.05. The molecule has 0 saturated heterocycles. The zero-order valence-electron chi connectivity index (χ0n) is 23.6. The van der Waals surface area contributed by atoms with Gasteiger partial charge in [-0.1, -0.05) is 150 Å². The van der Waals surface area contributed by atoms with Gasteiger partial charge in [-0.15, -0.1) is 0 Å². The number of hydrogen-bond donors (Lipinski definition) is 0. The molecule has 2 atom stereocenters. The van der Waals surface area contributed by atoms with Gasteiger partial charge in [0.05, 0.1) is 0 Å². The van der Waals surface area contributed by atoms with E-state index in [-0.39, 0.29) is 5.41 Å². The average molecular weight is 507 g/mol. The van der Waals surface area contributed by atoms with Crippen LogP contribution in [0.4, 0.5) is 0 Å². The molecule has 1 aromatic heterocycles. The van der Waals surface area contributed by atoms with Gasteiger partial charge in [0.15, 0.2) is 0 Å². The lowest BCUT2D eigenvalue weighted by Crippen LogP contribution is -2.35. The van der Waals surface area contributed by atoms with Gasteiger partial charge < -0.3 is 4.57 Å². The summed E-state index contributed by atoms with van der Waals surface area (Å²) in [5, 5.41) is 0. The van der Waals surface area contributed by atoms with E-state index in [4.69, 9.17) is 4.98 Å². The van der Waals surface area contributed by atoms with E-state index in [0.29, 0.717) is 5.92 Å². The number of hydrogen-bond acceptors (Lipinski definition) is 1. The predicted octanol–water partition coefficient (Wildman–Crippen LogP) is 10.1. The molecule has 0 amide bonds. The molecule has 200 valence electrons. The molecule has 0 aliphatic heterocycles. The summed E-state index contributed by atoms with van der Waals surface area (Å²) in [5.74, 6) is 1.47. The number of imidazole rings is 1. The second-order valence-electron chi connectivity index (χ2n) is 11.1. The summed E-state index contributed by atoms with van der Waals surface area (Å²) in [6.45, 7) is 4.76. The SMILES string of the molecule is CCCCCCCCCCCC(c1nccn1-c1ccccc1)C(C)(Cc1ccccc1)c1ccccc1. The van der Waals surface area contributed by atoms with E-state index in [1.54, 1.807) is 0 Å². The van der Waals surface area contributed by atoms with Crippen molar-refractivity contribution in [3.63, 3.8) is 0 Å².